The number of hydrogen-bond acceptors (Lipinski definition) is 5. The predicted octanol–water partition coefficient (Wildman–Crippen LogP) is 1.72. The SMILES string of the molecule is CC(C)(C)OC(=O)N1CCC(c2cc(O)cc3c2COB3O)CC1. The van der Waals surface area contributed by atoms with E-state index in [1.807, 2.05) is 20.8 Å². The van der Waals surface area contributed by atoms with Crippen LogP contribution in [0.15, 0.2) is 12.1 Å². The minimum absolute atomic E-state index is 0.142. The topological polar surface area (TPSA) is 79.2 Å². The minimum atomic E-state index is -0.965. The molecule has 2 aliphatic rings. The number of benzene rings is 1. The molecule has 2 heterocycles. The van der Waals surface area contributed by atoms with Crippen molar-refractivity contribution >= 4 is 18.7 Å². The molecule has 24 heavy (non-hydrogen) atoms. The van der Waals surface area contributed by atoms with Crippen molar-refractivity contribution in [2.24, 2.45) is 0 Å². The fraction of sp³-hybridized carbons (Fsp3) is 0.588. The number of piperidine rings is 1. The van der Waals surface area contributed by atoms with E-state index in [1.165, 1.54) is 0 Å². The highest BCUT2D eigenvalue weighted by Crippen LogP contribution is 2.34. The number of amides is 1. The van der Waals surface area contributed by atoms with Gasteiger partial charge in [0.15, 0.2) is 0 Å². The van der Waals surface area contributed by atoms with Gasteiger partial charge in [-0.25, -0.2) is 4.79 Å². The highest BCUT2D eigenvalue weighted by atomic mass is 16.6. The van der Waals surface area contributed by atoms with Crippen LogP contribution in [0.5, 0.6) is 5.75 Å². The normalized spacial score (nSPS) is 18.7. The highest BCUT2D eigenvalue weighted by molar-refractivity contribution is 6.61. The van der Waals surface area contributed by atoms with Gasteiger partial charge in [-0.05, 0) is 68.3 Å². The van der Waals surface area contributed by atoms with E-state index in [-0.39, 0.29) is 17.8 Å². The van der Waals surface area contributed by atoms with Crippen LogP contribution in [0.2, 0.25) is 0 Å². The lowest BCUT2D eigenvalue weighted by atomic mass is 9.75. The summed E-state index contributed by atoms with van der Waals surface area (Å²) >= 11 is 0. The summed E-state index contributed by atoms with van der Waals surface area (Å²) in [7, 11) is -0.965. The van der Waals surface area contributed by atoms with E-state index < -0.39 is 12.7 Å². The van der Waals surface area contributed by atoms with Gasteiger partial charge in [0.1, 0.15) is 11.4 Å². The van der Waals surface area contributed by atoms with E-state index in [0.717, 1.165) is 24.0 Å². The fourth-order valence-corrected chi connectivity index (χ4v) is 3.40. The standard InChI is InChI=1S/C17H24BNO5/c1-17(2,3)24-16(21)19-6-4-11(5-7-19)13-8-12(20)9-15-14(13)10-23-18(15)22/h8-9,11,20,22H,4-7,10H2,1-3H3. The second-order valence-corrected chi connectivity index (χ2v) is 7.51. The molecule has 2 aliphatic heterocycles. The Hall–Kier alpha value is -1.73. The summed E-state index contributed by atoms with van der Waals surface area (Å²) < 4.78 is 10.7. The molecular weight excluding hydrogens is 309 g/mol. The number of likely N-dealkylation sites (tertiary alicyclic amines) is 1. The van der Waals surface area contributed by atoms with Crippen molar-refractivity contribution in [3.05, 3.63) is 23.3 Å². The Morgan fingerprint density at radius 3 is 2.62 bits per heavy atom. The summed E-state index contributed by atoms with van der Waals surface area (Å²) in [5.41, 5.74) is 2.15. The van der Waals surface area contributed by atoms with E-state index in [9.17, 15) is 14.9 Å². The van der Waals surface area contributed by atoms with Crippen LogP contribution in [0.3, 0.4) is 0 Å². The number of nitrogens with zero attached hydrogens (tertiary/aromatic N) is 1. The zero-order chi connectivity index (χ0) is 17.5. The van der Waals surface area contributed by atoms with Crippen LogP contribution in [0.4, 0.5) is 4.79 Å². The maximum Gasteiger partial charge on any atom is 0.491 e. The van der Waals surface area contributed by atoms with Crippen LogP contribution < -0.4 is 5.46 Å². The summed E-state index contributed by atoms with van der Waals surface area (Å²) in [4.78, 5) is 13.9. The van der Waals surface area contributed by atoms with Crippen LogP contribution >= 0.6 is 0 Å². The van der Waals surface area contributed by atoms with Crippen molar-refractivity contribution in [1.82, 2.24) is 4.90 Å². The molecule has 6 nitrogen and oxygen atoms in total. The van der Waals surface area contributed by atoms with E-state index in [4.69, 9.17) is 9.39 Å². The Bertz CT molecular complexity index is 635. The van der Waals surface area contributed by atoms with Crippen LogP contribution in [-0.4, -0.2) is 46.9 Å². The highest BCUT2D eigenvalue weighted by Gasteiger charge is 2.34. The van der Waals surface area contributed by atoms with Gasteiger partial charge in [0.25, 0.3) is 0 Å². The first-order valence-electron chi connectivity index (χ1n) is 8.38. The first kappa shape index (κ1) is 17.1. The third-order valence-electron chi connectivity index (χ3n) is 4.54. The summed E-state index contributed by atoms with van der Waals surface area (Å²) in [6, 6.07) is 3.32. The number of carbonyl (C=O) groups is 1. The van der Waals surface area contributed by atoms with Gasteiger partial charge in [-0.3, -0.25) is 0 Å². The third kappa shape index (κ3) is 3.52. The number of fused-ring (bicyclic) bond motifs is 1. The van der Waals surface area contributed by atoms with Crippen LogP contribution in [-0.2, 0) is 16.0 Å². The maximum atomic E-state index is 12.2. The van der Waals surface area contributed by atoms with Gasteiger partial charge in [-0.2, -0.15) is 0 Å². The molecule has 1 saturated heterocycles. The first-order valence-corrected chi connectivity index (χ1v) is 8.38. The second kappa shape index (κ2) is 6.29. The van der Waals surface area contributed by atoms with Gasteiger partial charge in [-0.1, -0.05) is 0 Å². The number of carbonyl (C=O) groups excluding carboxylic acids is 1. The molecule has 0 aromatic heterocycles. The van der Waals surface area contributed by atoms with Crippen molar-refractivity contribution in [2.75, 3.05) is 13.1 Å². The molecule has 0 spiro atoms. The Kier molecular flexibility index (Phi) is 4.49. The molecule has 0 unspecified atom stereocenters. The van der Waals surface area contributed by atoms with Crippen LogP contribution in [0, 0.1) is 0 Å². The minimum Gasteiger partial charge on any atom is -0.508 e. The molecule has 0 atom stereocenters. The van der Waals surface area contributed by atoms with E-state index in [0.29, 0.717) is 25.2 Å². The monoisotopic (exact) mass is 333 g/mol. The largest absolute Gasteiger partial charge is 0.508 e. The number of ether oxygens (including phenoxy) is 1. The van der Waals surface area contributed by atoms with Gasteiger partial charge in [0.2, 0.25) is 0 Å². The molecule has 1 amide bonds. The number of aromatic hydroxyl groups is 1. The van der Waals surface area contributed by atoms with Crippen molar-refractivity contribution in [2.45, 2.75) is 51.7 Å². The number of phenolic OH excluding ortho intramolecular Hbond substituents is 1. The summed E-state index contributed by atoms with van der Waals surface area (Å²) in [6.07, 6.45) is 1.32. The Morgan fingerprint density at radius 2 is 2.00 bits per heavy atom. The van der Waals surface area contributed by atoms with Crippen LogP contribution in [0.1, 0.15) is 50.7 Å². The van der Waals surface area contributed by atoms with Gasteiger partial charge < -0.3 is 24.4 Å². The molecule has 0 bridgehead atoms. The summed E-state index contributed by atoms with van der Waals surface area (Å²) in [5, 5.41) is 19.8. The molecule has 1 fully saturated rings. The zero-order valence-corrected chi connectivity index (χ0v) is 14.4. The predicted molar refractivity (Wildman–Crippen MR) is 90.3 cm³/mol. The lowest BCUT2D eigenvalue weighted by Crippen LogP contribution is -2.41. The molecule has 0 saturated carbocycles. The molecule has 1 aromatic rings. The number of rotatable bonds is 1. The molecule has 3 rings (SSSR count). The Labute approximate surface area is 142 Å². The smallest absolute Gasteiger partial charge is 0.491 e. The average Bonchev–Trinajstić information content (AvgIpc) is 2.86. The van der Waals surface area contributed by atoms with Crippen LogP contribution in [0.25, 0.3) is 0 Å². The van der Waals surface area contributed by atoms with Gasteiger partial charge >= 0.3 is 13.2 Å². The van der Waals surface area contributed by atoms with E-state index in [2.05, 4.69) is 0 Å². The third-order valence-corrected chi connectivity index (χ3v) is 4.54. The summed E-state index contributed by atoms with van der Waals surface area (Å²) in [6.45, 7) is 7.18. The number of phenols is 1. The molecule has 7 heteroatoms. The molecule has 130 valence electrons. The first-order chi connectivity index (χ1) is 11.2. The van der Waals surface area contributed by atoms with Crippen molar-refractivity contribution < 1.29 is 24.3 Å². The van der Waals surface area contributed by atoms with Crippen molar-refractivity contribution in [1.29, 1.82) is 0 Å². The van der Waals surface area contributed by atoms with Gasteiger partial charge in [0, 0.05) is 13.1 Å². The Morgan fingerprint density at radius 1 is 1.33 bits per heavy atom. The second-order valence-electron chi connectivity index (χ2n) is 7.51. The van der Waals surface area contributed by atoms with Gasteiger partial charge in [-0.15, -0.1) is 0 Å². The quantitative estimate of drug-likeness (QED) is 0.765. The average molecular weight is 333 g/mol. The lowest BCUT2D eigenvalue weighted by Gasteiger charge is -2.34. The van der Waals surface area contributed by atoms with Crippen molar-refractivity contribution in [3.8, 4) is 5.75 Å². The van der Waals surface area contributed by atoms with Crippen molar-refractivity contribution in [3.63, 3.8) is 0 Å². The molecular formula is C17H24BNO5. The van der Waals surface area contributed by atoms with E-state index in [1.54, 1.807) is 17.0 Å². The molecule has 0 radical (unpaired) electrons. The summed E-state index contributed by atoms with van der Waals surface area (Å²) in [5.74, 6) is 0.376. The maximum absolute atomic E-state index is 12.2. The molecule has 2 N–H and O–H groups in total. The molecule has 1 aromatic carbocycles. The van der Waals surface area contributed by atoms with E-state index >= 15 is 0 Å². The molecule has 0 aliphatic carbocycles. The lowest BCUT2D eigenvalue weighted by molar-refractivity contribution is 0.0204. The zero-order valence-electron chi connectivity index (χ0n) is 14.4. The number of hydrogen-bond donors (Lipinski definition) is 2. The van der Waals surface area contributed by atoms with Gasteiger partial charge in [0.05, 0.1) is 6.61 Å². The fourth-order valence-electron chi connectivity index (χ4n) is 3.40. The Balaban J connectivity index is 1.70.